The molecule has 0 radical (unpaired) electrons. The number of hydrogen-bond donors (Lipinski definition) is 0. The van der Waals surface area contributed by atoms with E-state index in [2.05, 4.69) is 6.58 Å². The summed E-state index contributed by atoms with van der Waals surface area (Å²) in [5.74, 6) is -0.579. The maximum Gasteiger partial charge on any atom is 0.333 e. The Hall–Kier alpha value is -2.88. The maximum absolute atomic E-state index is 13.7. The van der Waals surface area contributed by atoms with Crippen LogP contribution in [0.1, 0.15) is 44.4 Å². The van der Waals surface area contributed by atoms with E-state index in [0.717, 1.165) is 11.1 Å². The van der Waals surface area contributed by atoms with Gasteiger partial charge in [0.1, 0.15) is 5.54 Å². The number of cyclic esters (lactones) is 1. The van der Waals surface area contributed by atoms with Crippen LogP contribution in [0.5, 0.6) is 0 Å². The number of esters is 1. The van der Waals surface area contributed by atoms with Crippen molar-refractivity contribution in [3.8, 4) is 0 Å². The first-order valence-corrected chi connectivity index (χ1v) is 9.59. The Morgan fingerprint density at radius 1 is 1.04 bits per heavy atom. The molecule has 0 aromatic heterocycles. The van der Waals surface area contributed by atoms with Crippen LogP contribution >= 0.6 is 0 Å². The molecular weight excluding hydrogens is 350 g/mol. The zero-order valence-corrected chi connectivity index (χ0v) is 16.7. The molecule has 2 aromatic rings. The quantitative estimate of drug-likeness (QED) is 0.551. The second-order valence-electron chi connectivity index (χ2n) is 7.81. The van der Waals surface area contributed by atoms with Crippen LogP contribution in [0.4, 0.5) is 0 Å². The van der Waals surface area contributed by atoms with Gasteiger partial charge in [0.2, 0.25) is 0 Å². The Kier molecular flexibility index (Phi) is 5.41. The molecule has 1 aliphatic heterocycles. The third-order valence-corrected chi connectivity index (χ3v) is 5.56. The molecule has 1 amide bonds. The smallest absolute Gasteiger partial charge is 0.333 e. The predicted molar refractivity (Wildman–Crippen MR) is 110 cm³/mol. The van der Waals surface area contributed by atoms with E-state index < -0.39 is 17.1 Å². The largest absolute Gasteiger partial charge is 0.447 e. The second kappa shape index (κ2) is 7.63. The topological polar surface area (TPSA) is 46.6 Å². The van der Waals surface area contributed by atoms with E-state index in [9.17, 15) is 9.59 Å². The van der Waals surface area contributed by atoms with Crippen LogP contribution in [-0.2, 0) is 20.7 Å². The standard InChI is InChI=1S/C24H27NO3/c1-5-16-23(3)22(27)28-24(4,17-19-12-8-6-9-13-19)21(26)25(23)18(2)20-14-10-7-11-15-20/h5-15,18H,1,16-17H2,2-4H3/t18-,23+,24+/m1/s1. The predicted octanol–water partition coefficient (Wildman–Crippen LogP) is 4.47. The molecule has 3 atom stereocenters. The molecule has 4 heteroatoms. The summed E-state index contributed by atoms with van der Waals surface area (Å²) in [6.45, 7) is 9.21. The highest BCUT2D eigenvalue weighted by atomic mass is 16.6. The van der Waals surface area contributed by atoms with E-state index >= 15 is 0 Å². The number of amides is 1. The van der Waals surface area contributed by atoms with Crippen molar-refractivity contribution in [2.24, 2.45) is 0 Å². The molecule has 1 saturated heterocycles. The lowest BCUT2D eigenvalue weighted by Gasteiger charge is -2.51. The molecule has 28 heavy (non-hydrogen) atoms. The SMILES string of the molecule is C=CC[C@@]1(C)C(=O)O[C@@](C)(Cc2ccccc2)C(=O)N1[C@H](C)c1ccccc1. The molecule has 2 aromatic carbocycles. The van der Waals surface area contributed by atoms with Gasteiger partial charge in [0.05, 0.1) is 6.04 Å². The molecule has 1 heterocycles. The Labute approximate surface area is 166 Å². The number of benzene rings is 2. The van der Waals surface area contributed by atoms with Gasteiger partial charge in [-0.15, -0.1) is 6.58 Å². The summed E-state index contributed by atoms with van der Waals surface area (Å²) in [7, 11) is 0. The van der Waals surface area contributed by atoms with E-state index in [4.69, 9.17) is 4.74 Å². The first kappa shape index (κ1) is 19.9. The lowest BCUT2D eigenvalue weighted by atomic mass is 9.84. The lowest BCUT2D eigenvalue weighted by molar-refractivity contribution is -0.203. The van der Waals surface area contributed by atoms with Gasteiger partial charge < -0.3 is 9.64 Å². The fraction of sp³-hybridized carbons (Fsp3) is 0.333. The summed E-state index contributed by atoms with van der Waals surface area (Å²) in [4.78, 5) is 28.5. The van der Waals surface area contributed by atoms with Crippen molar-refractivity contribution in [1.29, 1.82) is 0 Å². The van der Waals surface area contributed by atoms with Gasteiger partial charge in [0.25, 0.3) is 5.91 Å². The fourth-order valence-corrected chi connectivity index (χ4v) is 3.98. The van der Waals surface area contributed by atoms with Gasteiger partial charge in [-0.05, 0) is 38.3 Å². The van der Waals surface area contributed by atoms with E-state index in [1.807, 2.05) is 67.6 Å². The van der Waals surface area contributed by atoms with Crippen LogP contribution in [0.3, 0.4) is 0 Å². The Morgan fingerprint density at radius 2 is 1.61 bits per heavy atom. The molecule has 3 rings (SSSR count). The van der Waals surface area contributed by atoms with Crippen molar-refractivity contribution in [1.82, 2.24) is 4.90 Å². The van der Waals surface area contributed by atoms with Gasteiger partial charge in [0, 0.05) is 6.42 Å². The molecule has 0 saturated carbocycles. The molecular formula is C24H27NO3. The van der Waals surface area contributed by atoms with Crippen molar-refractivity contribution in [3.63, 3.8) is 0 Å². The average molecular weight is 377 g/mol. The van der Waals surface area contributed by atoms with Crippen molar-refractivity contribution >= 4 is 11.9 Å². The fourth-order valence-electron chi connectivity index (χ4n) is 3.98. The minimum atomic E-state index is -1.25. The summed E-state index contributed by atoms with van der Waals surface area (Å²) in [5.41, 5.74) is -0.416. The second-order valence-corrected chi connectivity index (χ2v) is 7.81. The van der Waals surface area contributed by atoms with Crippen LogP contribution in [0.25, 0.3) is 0 Å². The summed E-state index contributed by atoms with van der Waals surface area (Å²) < 4.78 is 5.80. The van der Waals surface area contributed by atoms with Crippen LogP contribution < -0.4 is 0 Å². The van der Waals surface area contributed by atoms with Gasteiger partial charge in [-0.2, -0.15) is 0 Å². The first-order chi connectivity index (χ1) is 13.3. The zero-order valence-electron chi connectivity index (χ0n) is 16.7. The highest BCUT2D eigenvalue weighted by molar-refractivity contribution is 5.98. The zero-order chi connectivity index (χ0) is 20.4. The highest BCUT2D eigenvalue weighted by Gasteiger charge is 2.57. The molecule has 0 unspecified atom stereocenters. The molecule has 0 spiro atoms. The first-order valence-electron chi connectivity index (χ1n) is 9.59. The van der Waals surface area contributed by atoms with Crippen molar-refractivity contribution in [3.05, 3.63) is 84.4 Å². The van der Waals surface area contributed by atoms with E-state index in [1.165, 1.54) is 0 Å². The Balaban J connectivity index is 2.04. The van der Waals surface area contributed by atoms with Gasteiger partial charge in [0.15, 0.2) is 5.60 Å². The molecule has 1 fully saturated rings. The Bertz CT molecular complexity index is 864. The van der Waals surface area contributed by atoms with Crippen molar-refractivity contribution in [2.45, 2.75) is 50.8 Å². The van der Waals surface area contributed by atoms with Gasteiger partial charge in [-0.1, -0.05) is 66.7 Å². The van der Waals surface area contributed by atoms with Crippen LogP contribution in [-0.4, -0.2) is 27.9 Å². The number of rotatable bonds is 6. The Morgan fingerprint density at radius 3 is 2.18 bits per heavy atom. The third kappa shape index (κ3) is 3.47. The molecule has 146 valence electrons. The van der Waals surface area contributed by atoms with Crippen LogP contribution in [0.15, 0.2) is 73.3 Å². The summed E-state index contributed by atoms with van der Waals surface area (Å²) >= 11 is 0. The molecule has 0 bridgehead atoms. The number of ether oxygens (including phenoxy) is 1. The molecule has 0 aliphatic carbocycles. The van der Waals surface area contributed by atoms with Gasteiger partial charge in [-0.3, -0.25) is 4.79 Å². The number of nitrogens with zero attached hydrogens (tertiary/aromatic N) is 1. The van der Waals surface area contributed by atoms with E-state index in [0.29, 0.717) is 12.8 Å². The van der Waals surface area contributed by atoms with Crippen LogP contribution in [0.2, 0.25) is 0 Å². The van der Waals surface area contributed by atoms with Crippen molar-refractivity contribution < 1.29 is 14.3 Å². The van der Waals surface area contributed by atoms with Crippen molar-refractivity contribution in [2.75, 3.05) is 0 Å². The van der Waals surface area contributed by atoms with Crippen LogP contribution in [0, 0.1) is 0 Å². The monoisotopic (exact) mass is 377 g/mol. The normalized spacial score (nSPS) is 25.9. The minimum absolute atomic E-state index is 0.184. The number of hydrogen-bond acceptors (Lipinski definition) is 3. The molecule has 4 nitrogen and oxygen atoms in total. The summed E-state index contributed by atoms with van der Waals surface area (Å²) in [5, 5.41) is 0. The third-order valence-electron chi connectivity index (χ3n) is 5.56. The number of carbonyl (C=O) groups excluding carboxylic acids is 2. The van der Waals surface area contributed by atoms with Gasteiger partial charge in [-0.25, -0.2) is 4.79 Å². The maximum atomic E-state index is 13.7. The average Bonchev–Trinajstić information content (AvgIpc) is 2.68. The molecule has 1 aliphatic rings. The van der Waals surface area contributed by atoms with E-state index in [-0.39, 0.29) is 11.9 Å². The summed E-state index contributed by atoms with van der Waals surface area (Å²) in [6, 6.07) is 19.1. The highest BCUT2D eigenvalue weighted by Crippen LogP contribution is 2.40. The number of morpholine rings is 1. The summed E-state index contributed by atoms with van der Waals surface area (Å²) in [6.07, 6.45) is 2.33. The minimum Gasteiger partial charge on any atom is -0.447 e. The van der Waals surface area contributed by atoms with E-state index in [1.54, 1.807) is 24.8 Å². The lowest BCUT2D eigenvalue weighted by Crippen LogP contribution is -2.68. The number of carbonyl (C=O) groups is 2. The van der Waals surface area contributed by atoms with Gasteiger partial charge >= 0.3 is 5.97 Å². The molecule has 0 N–H and O–H groups in total.